The number of benzene rings is 1. The van der Waals surface area contributed by atoms with Crippen molar-refractivity contribution >= 4 is 32.8 Å². The lowest BCUT2D eigenvalue weighted by Crippen LogP contribution is -2.42. The van der Waals surface area contributed by atoms with E-state index in [-0.39, 0.29) is 12.2 Å². The van der Waals surface area contributed by atoms with Crippen molar-refractivity contribution in [2.24, 2.45) is 0 Å². The van der Waals surface area contributed by atoms with Crippen molar-refractivity contribution in [3.8, 4) is 5.88 Å². The summed E-state index contributed by atoms with van der Waals surface area (Å²) in [7, 11) is 0. The summed E-state index contributed by atoms with van der Waals surface area (Å²) >= 11 is 3.49. The SMILES string of the molecule is CCCCOC(=O)N1CCC(Oc2cc3cc(Br)ccc3cn2)CC1. The molecule has 0 bridgehead atoms. The maximum Gasteiger partial charge on any atom is 0.409 e. The molecule has 0 unspecified atom stereocenters. The number of rotatable bonds is 5. The zero-order valence-corrected chi connectivity index (χ0v) is 16.0. The van der Waals surface area contributed by atoms with E-state index in [0.29, 0.717) is 25.6 Å². The number of ether oxygens (including phenoxy) is 2. The van der Waals surface area contributed by atoms with Gasteiger partial charge in [0.05, 0.1) is 6.61 Å². The first-order chi connectivity index (χ1) is 12.2. The van der Waals surface area contributed by atoms with Crippen LogP contribution in [-0.2, 0) is 4.74 Å². The van der Waals surface area contributed by atoms with Crippen LogP contribution in [0.15, 0.2) is 34.9 Å². The van der Waals surface area contributed by atoms with E-state index >= 15 is 0 Å². The Morgan fingerprint density at radius 3 is 2.84 bits per heavy atom. The van der Waals surface area contributed by atoms with Crippen LogP contribution in [0.1, 0.15) is 32.6 Å². The Balaban J connectivity index is 1.53. The molecule has 0 spiro atoms. The number of hydrogen-bond donors (Lipinski definition) is 0. The number of unbranched alkanes of at least 4 members (excludes halogenated alkanes) is 1. The molecule has 2 aromatic rings. The van der Waals surface area contributed by atoms with E-state index < -0.39 is 0 Å². The zero-order valence-electron chi connectivity index (χ0n) is 14.4. The fourth-order valence-electron chi connectivity index (χ4n) is 2.88. The molecule has 0 N–H and O–H groups in total. The van der Waals surface area contributed by atoms with Gasteiger partial charge in [0.25, 0.3) is 0 Å². The van der Waals surface area contributed by atoms with Gasteiger partial charge in [0.1, 0.15) is 6.10 Å². The van der Waals surface area contributed by atoms with Crippen molar-refractivity contribution in [2.45, 2.75) is 38.7 Å². The Morgan fingerprint density at radius 1 is 1.28 bits per heavy atom. The molecule has 1 amide bonds. The standard InChI is InChI=1S/C19H23BrN2O3/c1-2-3-10-24-19(23)22-8-6-17(7-9-22)25-18-12-15-11-16(20)5-4-14(15)13-21-18/h4-5,11-13,17H,2-3,6-10H2,1H3. The summed E-state index contributed by atoms with van der Waals surface area (Å²) in [6.07, 6.45) is 5.23. The van der Waals surface area contributed by atoms with Crippen LogP contribution in [-0.4, -0.2) is 41.8 Å². The summed E-state index contributed by atoms with van der Waals surface area (Å²) in [6.45, 7) is 3.90. The van der Waals surface area contributed by atoms with Crippen LogP contribution in [0.2, 0.25) is 0 Å². The number of amides is 1. The third-order valence-electron chi connectivity index (χ3n) is 4.37. The summed E-state index contributed by atoms with van der Waals surface area (Å²) in [5, 5.41) is 2.18. The molecule has 1 aromatic heterocycles. The molecule has 25 heavy (non-hydrogen) atoms. The van der Waals surface area contributed by atoms with Crippen molar-refractivity contribution in [1.82, 2.24) is 9.88 Å². The van der Waals surface area contributed by atoms with Gasteiger partial charge in [-0.1, -0.05) is 35.3 Å². The highest BCUT2D eigenvalue weighted by molar-refractivity contribution is 9.10. The summed E-state index contributed by atoms with van der Waals surface area (Å²) in [5.74, 6) is 0.634. The van der Waals surface area contributed by atoms with Crippen molar-refractivity contribution in [3.63, 3.8) is 0 Å². The number of halogens is 1. The normalized spacial score (nSPS) is 15.4. The second-order valence-electron chi connectivity index (χ2n) is 6.29. The van der Waals surface area contributed by atoms with Gasteiger partial charge in [0, 0.05) is 48.1 Å². The largest absolute Gasteiger partial charge is 0.474 e. The van der Waals surface area contributed by atoms with Crippen molar-refractivity contribution in [1.29, 1.82) is 0 Å². The van der Waals surface area contributed by atoms with E-state index in [2.05, 4.69) is 33.9 Å². The van der Waals surface area contributed by atoms with Crippen LogP contribution in [0.3, 0.4) is 0 Å². The molecule has 1 saturated heterocycles. The highest BCUT2D eigenvalue weighted by atomic mass is 79.9. The van der Waals surface area contributed by atoms with Gasteiger partial charge < -0.3 is 14.4 Å². The molecule has 134 valence electrons. The predicted octanol–water partition coefficient (Wildman–Crippen LogP) is 4.78. The minimum Gasteiger partial charge on any atom is -0.474 e. The number of carbonyl (C=O) groups excluding carboxylic acids is 1. The molecule has 2 heterocycles. The first-order valence-corrected chi connectivity index (χ1v) is 9.58. The number of aromatic nitrogens is 1. The molecule has 0 aliphatic carbocycles. The van der Waals surface area contributed by atoms with Crippen LogP contribution in [0.25, 0.3) is 10.8 Å². The average molecular weight is 407 g/mol. The molecule has 1 aliphatic rings. The van der Waals surface area contributed by atoms with Crippen LogP contribution >= 0.6 is 15.9 Å². The topological polar surface area (TPSA) is 51.7 Å². The first-order valence-electron chi connectivity index (χ1n) is 8.79. The van der Waals surface area contributed by atoms with E-state index in [1.165, 1.54) is 0 Å². The number of likely N-dealkylation sites (tertiary alicyclic amines) is 1. The summed E-state index contributed by atoms with van der Waals surface area (Å²) < 4.78 is 12.3. The van der Waals surface area contributed by atoms with Crippen molar-refractivity contribution < 1.29 is 14.3 Å². The molecular formula is C19H23BrN2O3. The molecule has 5 nitrogen and oxygen atoms in total. The quantitative estimate of drug-likeness (QED) is 0.670. The molecule has 1 aliphatic heterocycles. The Bertz CT molecular complexity index is 730. The highest BCUT2D eigenvalue weighted by Crippen LogP contribution is 2.24. The van der Waals surface area contributed by atoms with Gasteiger partial charge in [0.15, 0.2) is 0 Å². The molecule has 3 rings (SSSR count). The average Bonchev–Trinajstić information content (AvgIpc) is 2.62. The van der Waals surface area contributed by atoms with Crippen molar-refractivity contribution in [3.05, 3.63) is 34.9 Å². The second-order valence-corrected chi connectivity index (χ2v) is 7.20. The first kappa shape index (κ1) is 18.0. The Labute approximate surface area is 156 Å². The fourth-order valence-corrected chi connectivity index (χ4v) is 3.26. The van der Waals surface area contributed by atoms with E-state index in [0.717, 1.165) is 40.9 Å². The van der Waals surface area contributed by atoms with Gasteiger partial charge in [0.2, 0.25) is 5.88 Å². The second kappa shape index (κ2) is 8.52. The molecule has 0 atom stereocenters. The number of nitrogens with zero attached hydrogens (tertiary/aromatic N) is 2. The Hall–Kier alpha value is -1.82. The lowest BCUT2D eigenvalue weighted by molar-refractivity contribution is 0.0657. The summed E-state index contributed by atoms with van der Waals surface area (Å²) in [4.78, 5) is 18.1. The lowest BCUT2D eigenvalue weighted by atomic mass is 10.1. The van der Waals surface area contributed by atoms with Crippen molar-refractivity contribution in [2.75, 3.05) is 19.7 Å². The van der Waals surface area contributed by atoms with E-state index in [9.17, 15) is 4.79 Å². The predicted molar refractivity (Wildman–Crippen MR) is 101 cm³/mol. The van der Waals surface area contributed by atoms with Crippen LogP contribution < -0.4 is 4.74 Å². The van der Waals surface area contributed by atoms with Crippen LogP contribution in [0.4, 0.5) is 4.79 Å². The maximum atomic E-state index is 12.0. The maximum absolute atomic E-state index is 12.0. The minimum absolute atomic E-state index is 0.0804. The third-order valence-corrected chi connectivity index (χ3v) is 4.86. The smallest absolute Gasteiger partial charge is 0.409 e. The van der Waals surface area contributed by atoms with E-state index in [4.69, 9.17) is 9.47 Å². The molecule has 1 fully saturated rings. The monoisotopic (exact) mass is 406 g/mol. The fraction of sp³-hybridized carbons (Fsp3) is 0.474. The molecule has 1 aromatic carbocycles. The van der Waals surface area contributed by atoms with Gasteiger partial charge in [-0.3, -0.25) is 0 Å². The van der Waals surface area contributed by atoms with E-state index in [1.54, 1.807) is 4.90 Å². The van der Waals surface area contributed by atoms with Crippen LogP contribution in [0, 0.1) is 0 Å². The summed E-state index contributed by atoms with van der Waals surface area (Å²) in [6, 6.07) is 8.04. The van der Waals surface area contributed by atoms with Gasteiger partial charge in [-0.2, -0.15) is 0 Å². The number of fused-ring (bicyclic) bond motifs is 1. The number of pyridine rings is 1. The Morgan fingerprint density at radius 2 is 2.08 bits per heavy atom. The number of hydrogen-bond acceptors (Lipinski definition) is 4. The molecule has 0 radical (unpaired) electrons. The van der Waals surface area contributed by atoms with Gasteiger partial charge in [-0.05, 0) is 23.9 Å². The van der Waals surface area contributed by atoms with Crippen LogP contribution in [0.5, 0.6) is 5.88 Å². The lowest BCUT2D eigenvalue weighted by Gasteiger charge is -2.31. The minimum atomic E-state index is -0.208. The molecule has 6 heteroatoms. The molecule has 0 saturated carbocycles. The Kier molecular flexibility index (Phi) is 6.13. The highest BCUT2D eigenvalue weighted by Gasteiger charge is 2.25. The molecular weight excluding hydrogens is 384 g/mol. The van der Waals surface area contributed by atoms with Gasteiger partial charge >= 0.3 is 6.09 Å². The number of piperidine rings is 1. The van der Waals surface area contributed by atoms with Gasteiger partial charge in [-0.25, -0.2) is 9.78 Å². The van der Waals surface area contributed by atoms with E-state index in [1.807, 2.05) is 24.4 Å². The summed E-state index contributed by atoms with van der Waals surface area (Å²) in [5.41, 5.74) is 0. The number of carbonyl (C=O) groups is 1. The zero-order chi connectivity index (χ0) is 17.6. The third kappa shape index (κ3) is 4.84. The van der Waals surface area contributed by atoms with Gasteiger partial charge in [-0.15, -0.1) is 0 Å².